The second kappa shape index (κ2) is 9.16. The normalized spacial score (nSPS) is 17.1. The van der Waals surface area contributed by atoms with Gasteiger partial charge in [0.2, 0.25) is 0 Å². The van der Waals surface area contributed by atoms with Crippen molar-refractivity contribution < 1.29 is 0 Å². The van der Waals surface area contributed by atoms with Crippen LogP contribution < -0.4 is 10.6 Å². The number of aryl methyl sites for hydroxylation is 2. The summed E-state index contributed by atoms with van der Waals surface area (Å²) in [5.41, 5.74) is 0. The van der Waals surface area contributed by atoms with Gasteiger partial charge < -0.3 is 15.2 Å². The van der Waals surface area contributed by atoms with Gasteiger partial charge in [-0.05, 0) is 19.8 Å². The molecule has 0 aliphatic carbocycles. The van der Waals surface area contributed by atoms with Gasteiger partial charge >= 0.3 is 0 Å². The number of aromatic nitrogens is 6. The van der Waals surface area contributed by atoms with E-state index >= 15 is 0 Å². The minimum Gasteiger partial charge on any atom is -0.356 e. The zero-order valence-electron chi connectivity index (χ0n) is 17.7. The molecule has 2 aromatic rings. The number of fused-ring (bicyclic) bond motifs is 1. The number of aliphatic imine (C=N–C) groups is 1. The van der Waals surface area contributed by atoms with Crippen molar-refractivity contribution in [1.82, 2.24) is 40.2 Å². The van der Waals surface area contributed by atoms with Gasteiger partial charge in [-0.2, -0.15) is 5.10 Å². The number of unbranched alkanes of at least 4 members (excludes halogenated alkanes) is 1. The Bertz CT molecular complexity index is 802. The molecule has 2 aromatic heterocycles. The van der Waals surface area contributed by atoms with E-state index in [4.69, 9.17) is 4.99 Å². The van der Waals surface area contributed by atoms with Crippen LogP contribution in [0.1, 0.15) is 69.2 Å². The van der Waals surface area contributed by atoms with Gasteiger partial charge in [-0.3, -0.25) is 0 Å². The number of hydrogen-bond acceptors (Lipinski definition) is 5. The maximum absolute atomic E-state index is 4.75. The van der Waals surface area contributed by atoms with Gasteiger partial charge in [0.15, 0.2) is 17.6 Å². The van der Waals surface area contributed by atoms with Gasteiger partial charge in [0, 0.05) is 32.0 Å². The van der Waals surface area contributed by atoms with Crippen molar-refractivity contribution in [3.05, 3.63) is 23.3 Å². The summed E-state index contributed by atoms with van der Waals surface area (Å²) < 4.78 is 4.02. The Labute approximate surface area is 167 Å². The summed E-state index contributed by atoms with van der Waals surface area (Å²) >= 11 is 0. The highest BCUT2D eigenvalue weighted by molar-refractivity contribution is 5.80. The van der Waals surface area contributed by atoms with E-state index in [1.807, 2.05) is 23.2 Å². The number of nitrogens with zero attached hydrogens (tertiary/aromatic N) is 7. The summed E-state index contributed by atoms with van der Waals surface area (Å²) in [6.07, 6.45) is 4.21. The van der Waals surface area contributed by atoms with E-state index in [-0.39, 0.29) is 6.04 Å². The second-order valence-electron chi connectivity index (χ2n) is 7.77. The molecule has 28 heavy (non-hydrogen) atoms. The molecule has 1 atom stereocenters. The molecule has 0 fully saturated rings. The van der Waals surface area contributed by atoms with Gasteiger partial charge in [0.1, 0.15) is 18.2 Å². The molecule has 0 amide bonds. The molecule has 9 heteroatoms. The Balaban J connectivity index is 1.66. The highest BCUT2D eigenvalue weighted by atomic mass is 15.4. The minimum absolute atomic E-state index is 0.281. The topological polar surface area (TPSA) is 97.8 Å². The molecule has 1 aliphatic heterocycles. The molecule has 0 aromatic carbocycles. The third kappa shape index (κ3) is 4.88. The monoisotopic (exact) mass is 387 g/mol. The first kappa shape index (κ1) is 20.3. The lowest BCUT2D eigenvalue weighted by Crippen LogP contribution is -2.47. The van der Waals surface area contributed by atoms with Crippen LogP contribution >= 0.6 is 0 Å². The smallest absolute Gasteiger partial charge is 0.191 e. The Morgan fingerprint density at radius 3 is 2.82 bits per heavy atom. The van der Waals surface area contributed by atoms with Crippen LogP contribution in [0, 0.1) is 6.92 Å². The van der Waals surface area contributed by atoms with Gasteiger partial charge in [0.05, 0.1) is 6.54 Å². The quantitative estimate of drug-likeness (QED) is 0.426. The van der Waals surface area contributed by atoms with Crippen molar-refractivity contribution in [3.63, 3.8) is 0 Å². The molecular formula is C19H33N9. The Hall–Kier alpha value is -2.45. The average molecular weight is 388 g/mol. The lowest BCUT2D eigenvalue weighted by Gasteiger charge is -2.25. The van der Waals surface area contributed by atoms with Crippen LogP contribution in [0.3, 0.4) is 0 Å². The van der Waals surface area contributed by atoms with E-state index in [9.17, 15) is 0 Å². The third-order valence-corrected chi connectivity index (χ3v) is 5.12. The van der Waals surface area contributed by atoms with Crippen LogP contribution in [0.25, 0.3) is 0 Å². The summed E-state index contributed by atoms with van der Waals surface area (Å²) in [6, 6.07) is 0.281. The van der Waals surface area contributed by atoms with Gasteiger partial charge in [-0.1, -0.05) is 27.2 Å². The Morgan fingerprint density at radius 2 is 2.14 bits per heavy atom. The largest absolute Gasteiger partial charge is 0.356 e. The van der Waals surface area contributed by atoms with Crippen molar-refractivity contribution in [2.45, 2.75) is 78.4 Å². The lowest BCUT2D eigenvalue weighted by atomic mass is 10.1. The highest BCUT2D eigenvalue weighted by Gasteiger charge is 2.23. The van der Waals surface area contributed by atoms with Crippen LogP contribution in [0.4, 0.5) is 0 Å². The number of nitrogens with one attached hydrogen (secondary N) is 2. The average Bonchev–Trinajstić information content (AvgIpc) is 3.24. The fourth-order valence-electron chi connectivity index (χ4n) is 3.16. The van der Waals surface area contributed by atoms with Crippen LogP contribution in [0.2, 0.25) is 0 Å². The second-order valence-corrected chi connectivity index (χ2v) is 7.77. The summed E-state index contributed by atoms with van der Waals surface area (Å²) in [7, 11) is 1.97. The summed E-state index contributed by atoms with van der Waals surface area (Å²) in [5.74, 6) is 4.96. The van der Waals surface area contributed by atoms with E-state index in [0.717, 1.165) is 68.0 Å². The van der Waals surface area contributed by atoms with Crippen molar-refractivity contribution in [1.29, 1.82) is 0 Å². The summed E-state index contributed by atoms with van der Waals surface area (Å²) in [4.78, 5) is 9.42. The van der Waals surface area contributed by atoms with Crippen LogP contribution in [-0.2, 0) is 26.6 Å². The van der Waals surface area contributed by atoms with Crippen LogP contribution in [0.5, 0.6) is 0 Å². The molecule has 0 bridgehead atoms. The maximum Gasteiger partial charge on any atom is 0.191 e. The molecule has 1 unspecified atom stereocenters. The van der Waals surface area contributed by atoms with E-state index in [2.05, 4.69) is 51.7 Å². The highest BCUT2D eigenvalue weighted by Crippen LogP contribution is 2.17. The molecule has 0 radical (unpaired) electrons. The molecule has 0 spiro atoms. The Morgan fingerprint density at radius 1 is 1.32 bits per heavy atom. The number of rotatable bonds is 7. The molecule has 3 heterocycles. The minimum atomic E-state index is 0.281. The standard InChI is InChI=1S/C19H33N9/c1-6-7-10-20-19(21-11-17-25-24-14(4)27(17)5)22-15-8-9-16-23-18(13(2)3)26-28(16)12-15/h13,15H,6-12H2,1-5H3,(H2,20,21,22). The lowest BCUT2D eigenvalue weighted by molar-refractivity contribution is 0.391. The zero-order chi connectivity index (χ0) is 20.1. The summed E-state index contributed by atoms with van der Waals surface area (Å²) in [6.45, 7) is 10.6. The van der Waals surface area contributed by atoms with Gasteiger partial charge in [0.25, 0.3) is 0 Å². The summed E-state index contributed by atoms with van der Waals surface area (Å²) in [5, 5.41) is 20.0. The molecule has 2 N–H and O–H groups in total. The Kier molecular flexibility index (Phi) is 6.64. The molecule has 0 saturated heterocycles. The first-order chi connectivity index (χ1) is 13.5. The van der Waals surface area contributed by atoms with Crippen molar-refractivity contribution >= 4 is 5.96 Å². The van der Waals surface area contributed by atoms with E-state index in [0.29, 0.717) is 12.5 Å². The SMILES string of the molecule is CCCCNC(=NCc1nnc(C)n1C)NC1CCc2nc(C(C)C)nn2C1. The van der Waals surface area contributed by atoms with E-state index < -0.39 is 0 Å². The number of hydrogen-bond donors (Lipinski definition) is 2. The van der Waals surface area contributed by atoms with Crippen LogP contribution in [-0.4, -0.2) is 48.1 Å². The zero-order valence-corrected chi connectivity index (χ0v) is 17.7. The fraction of sp³-hybridized carbons (Fsp3) is 0.737. The first-order valence-electron chi connectivity index (χ1n) is 10.3. The molecule has 0 saturated carbocycles. The molecule has 1 aliphatic rings. The first-order valence-corrected chi connectivity index (χ1v) is 10.3. The fourth-order valence-corrected chi connectivity index (χ4v) is 3.16. The van der Waals surface area contributed by atoms with E-state index in [1.165, 1.54) is 0 Å². The molecular weight excluding hydrogens is 354 g/mol. The van der Waals surface area contributed by atoms with Crippen molar-refractivity contribution in [3.8, 4) is 0 Å². The molecule has 154 valence electrons. The van der Waals surface area contributed by atoms with Crippen LogP contribution in [0.15, 0.2) is 4.99 Å². The van der Waals surface area contributed by atoms with Crippen molar-refractivity contribution in [2.75, 3.05) is 6.54 Å². The van der Waals surface area contributed by atoms with Gasteiger partial charge in [-0.25, -0.2) is 14.7 Å². The third-order valence-electron chi connectivity index (χ3n) is 5.12. The van der Waals surface area contributed by atoms with Gasteiger partial charge in [-0.15, -0.1) is 10.2 Å². The number of guanidine groups is 1. The molecule has 3 rings (SSSR count). The predicted octanol–water partition coefficient (Wildman–Crippen LogP) is 1.69. The maximum atomic E-state index is 4.75. The van der Waals surface area contributed by atoms with Crippen molar-refractivity contribution in [2.24, 2.45) is 12.0 Å². The predicted molar refractivity (Wildman–Crippen MR) is 109 cm³/mol. The van der Waals surface area contributed by atoms with E-state index in [1.54, 1.807) is 0 Å². The molecule has 9 nitrogen and oxygen atoms in total.